The molecular weight excluding hydrogens is 1970 g/mol. The number of nitrogens with zero attached hydrogens (tertiary/aromatic N) is 5. The first-order valence-corrected chi connectivity index (χ1v) is 48.5. The van der Waals surface area contributed by atoms with E-state index in [1.807, 2.05) is 182 Å². The molecule has 4 unspecified atom stereocenters. The Morgan fingerprint density at radius 2 is 0.733 bits per heavy atom. The molecule has 15 aromatic rings. The zero-order valence-electron chi connectivity index (χ0n) is 73.0. The number of amidine groups is 1. The Hall–Kier alpha value is -9.50. The Kier molecular flexibility index (Phi) is 30.0. The van der Waals surface area contributed by atoms with Crippen molar-refractivity contribution in [1.82, 2.24) is 34.6 Å². The number of hydrogen-bond acceptors (Lipinski definition) is 14. The molecule has 4 fully saturated rings. The van der Waals surface area contributed by atoms with E-state index in [9.17, 15) is 30.0 Å². The van der Waals surface area contributed by atoms with Crippen LogP contribution in [0.2, 0.25) is 15.1 Å². The summed E-state index contributed by atoms with van der Waals surface area (Å²) in [6.45, 7) is 6.46. The molecule has 4 aromatic heterocycles. The summed E-state index contributed by atoms with van der Waals surface area (Å²) in [5, 5.41) is 63.8. The second kappa shape index (κ2) is 41.6. The lowest BCUT2D eigenvalue weighted by molar-refractivity contribution is -0.0361. The Morgan fingerprint density at radius 3 is 1.12 bits per heavy atom. The molecule has 1 aliphatic carbocycles. The maximum Gasteiger partial charge on any atom is 0.252 e. The molecule has 4 aliphatic rings. The second-order valence-electron chi connectivity index (χ2n) is 35.4. The van der Waals surface area contributed by atoms with Gasteiger partial charge in [-0.15, -0.1) is 0 Å². The van der Waals surface area contributed by atoms with E-state index in [4.69, 9.17) is 65.4 Å². The van der Waals surface area contributed by atoms with Gasteiger partial charge in [0.1, 0.15) is 0 Å². The van der Waals surface area contributed by atoms with Crippen molar-refractivity contribution in [2.45, 2.75) is 123 Å². The van der Waals surface area contributed by atoms with Crippen molar-refractivity contribution in [3.63, 3.8) is 0 Å². The highest BCUT2D eigenvalue weighted by Crippen LogP contribution is 2.51. The Bertz CT molecular complexity index is 6690. The van der Waals surface area contributed by atoms with Gasteiger partial charge in [-0.3, -0.25) is 24.8 Å². The number of pyridine rings is 4. The Balaban J connectivity index is 0.000000128. The zero-order chi connectivity index (χ0) is 91.9. The molecule has 1 saturated carbocycles. The number of rotatable bonds is 19. The molecule has 7 heterocycles. The fraction of sp³-hybridized carbons (Fsp3) is 0.280. The van der Waals surface area contributed by atoms with E-state index < -0.39 is 34.2 Å². The number of aromatic nitrogens is 4. The van der Waals surface area contributed by atoms with Gasteiger partial charge in [0.2, 0.25) is 11.8 Å². The average Bonchev–Trinajstić information content (AvgIpc) is 0.771. The number of nitrogens with one attached hydrogen (secondary N) is 3. The van der Waals surface area contributed by atoms with Crippen molar-refractivity contribution >= 4 is 159 Å². The minimum Gasteiger partial charge on any atom is -0.481 e. The van der Waals surface area contributed by atoms with Crippen molar-refractivity contribution in [2.24, 2.45) is 11.7 Å². The highest BCUT2D eigenvalue weighted by Gasteiger charge is 2.48. The molecule has 674 valence electrons. The standard InChI is InChI=1S/C32H29BrN2O2.C28H26BrClN2O2.C24H25BrClN3O2.C23H24BrClN2O2/c33-27-12-13-29-26(19-27)20-28(31(36)34-29)30(25-11-10-23-8-4-5-9-24(23)18-25)32(37)14-16-35(17-15-32)21-22-6-2-1-3-7-22;29-22-8-11-25-21(16-22)17-24(27(33)31-25)26(20-6-9-23(30)10-7-20)28(34)12-14-32(15-13-28)18-19-4-2-1-3-5-19;1-31-23-19(13-16-12-17(25)4-7-20(16)29-23)21(14-2-5-18(26)6-3-14)24(30)10-8-15(9-11-24)22(27)28;1-27-11-9-23(28,10-12-27)21(15-3-6-18(25)7-4-15)19-14-16-13-17(24)5-8-20(16)26-22(19)29-2/h1-13,18-20,30,37H,14-17,21H2,(H,34,36);1-11,16-17,26,34H,12-15,18H2,(H,31,33);2-7,12-13,15,21,30H,8-11H2,1H3,(H3,27,28);3-8,13-14,21,28H,9-12H2,1-2H3. The predicted octanol–water partition coefficient (Wildman–Crippen LogP) is 23.6. The number of hydrogen-bond donors (Lipinski definition) is 8. The number of benzene rings is 11. The number of fused-ring (bicyclic) bond motifs is 5. The number of aliphatic hydroxyl groups is 4. The first-order valence-electron chi connectivity index (χ1n) is 44.2. The lowest BCUT2D eigenvalue weighted by Gasteiger charge is -2.43. The summed E-state index contributed by atoms with van der Waals surface area (Å²) in [5.74, 6) is -0.274. The van der Waals surface area contributed by atoms with Crippen LogP contribution < -0.4 is 26.3 Å². The molecule has 17 nitrogen and oxygen atoms in total. The summed E-state index contributed by atoms with van der Waals surface area (Å²) in [4.78, 5) is 49.4. The van der Waals surface area contributed by atoms with Crippen molar-refractivity contribution in [3.8, 4) is 11.8 Å². The van der Waals surface area contributed by atoms with Crippen LogP contribution >= 0.6 is 98.5 Å². The van der Waals surface area contributed by atoms with Crippen LogP contribution in [0.1, 0.15) is 144 Å². The fourth-order valence-corrected chi connectivity index (χ4v) is 21.7. The predicted molar refractivity (Wildman–Crippen MR) is 545 cm³/mol. The molecule has 0 spiro atoms. The molecule has 19 rings (SSSR count). The van der Waals surface area contributed by atoms with Crippen LogP contribution in [-0.2, 0) is 13.1 Å². The van der Waals surface area contributed by atoms with Gasteiger partial charge in [0.15, 0.2) is 0 Å². The number of likely N-dealkylation sites (tertiary alicyclic amines) is 3. The third-order valence-electron chi connectivity index (χ3n) is 26.8. The number of piperidine rings is 3. The summed E-state index contributed by atoms with van der Waals surface area (Å²) in [6, 6.07) is 89.7. The highest BCUT2D eigenvalue weighted by molar-refractivity contribution is 9.11. The number of aromatic amines is 2. The maximum atomic E-state index is 13.5. The Labute approximate surface area is 811 Å². The van der Waals surface area contributed by atoms with E-state index in [1.165, 1.54) is 11.1 Å². The van der Waals surface area contributed by atoms with E-state index in [0.717, 1.165) is 158 Å². The summed E-state index contributed by atoms with van der Waals surface area (Å²) in [6.07, 6.45) is 6.09. The fourth-order valence-electron chi connectivity index (χ4n) is 19.8. The van der Waals surface area contributed by atoms with Gasteiger partial charge in [0.25, 0.3) is 11.1 Å². The molecular formula is C107H104Br4Cl3N9O8. The second-order valence-corrected chi connectivity index (χ2v) is 40.4. The maximum absolute atomic E-state index is 13.5. The van der Waals surface area contributed by atoms with Crippen LogP contribution in [0.15, 0.2) is 300 Å². The van der Waals surface area contributed by atoms with Gasteiger partial charge in [-0.2, -0.15) is 0 Å². The summed E-state index contributed by atoms with van der Waals surface area (Å²) < 4.78 is 15.2. The molecule has 4 atom stereocenters. The van der Waals surface area contributed by atoms with Gasteiger partial charge < -0.3 is 50.5 Å². The zero-order valence-corrected chi connectivity index (χ0v) is 81.6. The summed E-state index contributed by atoms with van der Waals surface area (Å²) in [7, 11) is 5.33. The molecule has 9 N–H and O–H groups in total. The molecule has 0 bridgehead atoms. The molecule has 24 heteroatoms. The number of halogens is 7. The largest absolute Gasteiger partial charge is 0.481 e. The SMILES string of the molecule is COc1nc2ccc(Br)cc2cc1C(c1ccc(Cl)cc1)C1(O)CCC(C(=N)N)CC1.COc1nc2ccc(Br)cc2cc1C(c1ccc(Cl)cc1)C1(O)CCN(C)CC1.O=c1[nH]c2ccc(Br)cc2cc1C(c1ccc(Cl)cc1)C1(O)CCN(Cc2ccccc2)CC1.O=c1[nH]c2ccc(Br)cc2cc1C(c1ccc2ccccc2c1)C1(O)CCN(Cc2ccccc2)CC1. The summed E-state index contributed by atoms with van der Waals surface area (Å²) in [5.41, 5.74) is 13.9. The minimum atomic E-state index is -1.05. The molecule has 0 amide bonds. The lowest BCUT2D eigenvalue weighted by Crippen LogP contribution is -2.49. The van der Waals surface area contributed by atoms with Crippen LogP contribution in [0.25, 0.3) is 54.4 Å². The van der Waals surface area contributed by atoms with Gasteiger partial charge in [-0.05, 0) is 260 Å². The van der Waals surface area contributed by atoms with E-state index in [-0.39, 0.29) is 34.7 Å². The lowest BCUT2D eigenvalue weighted by atomic mass is 9.67. The molecule has 11 aromatic carbocycles. The third-order valence-corrected chi connectivity index (χ3v) is 29.5. The third kappa shape index (κ3) is 22.1. The first kappa shape index (κ1) is 94.7. The Morgan fingerprint density at radius 1 is 0.405 bits per heavy atom. The van der Waals surface area contributed by atoms with Crippen LogP contribution in [0.5, 0.6) is 11.8 Å². The van der Waals surface area contributed by atoms with E-state index in [0.29, 0.717) is 102 Å². The van der Waals surface area contributed by atoms with Gasteiger partial charge in [-0.25, -0.2) is 9.97 Å². The van der Waals surface area contributed by atoms with Crippen LogP contribution in [0.4, 0.5) is 0 Å². The molecule has 3 aliphatic heterocycles. The van der Waals surface area contributed by atoms with Crippen LogP contribution in [-0.4, -0.2) is 144 Å². The van der Waals surface area contributed by atoms with Crippen molar-refractivity contribution in [1.29, 1.82) is 5.41 Å². The van der Waals surface area contributed by atoms with Crippen LogP contribution in [0.3, 0.4) is 0 Å². The van der Waals surface area contributed by atoms with E-state index in [1.54, 1.807) is 14.2 Å². The minimum absolute atomic E-state index is 0.0127. The highest BCUT2D eigenvalue weighted by atomic mass is 79.9. The number of methoxy groups -OCH3 is 2. The summed E-state index contributed by atoms with van der Waals surface area (Å²) >= 11 is 32.6. The number of H-pyrrole nitrogens is 2. The number of nitrogens with two attached hydrogens (primary N) is 1. The number of ether oxygens (including phenoxy) is 2. The van der Waals surface area contributed by atoms with Crippen molar-refractivity contribution < 1.29 is 29.9 Å². The van der Waals surface area contributed by atoms with Gasteiger partial charge >= 0.3 is 0 Å². The van der Waals surface area contributed by atoms with Crippen molar-refractivity contribution in [3.05, 3.63) is 382 Å². The average molecular weight is 2070 g/mol. The monoisotopic (exact) mass is 2060 g/mol. The topological polar surface area (TPSA) is 250 Å². The molecule has 131 heavy (non-hydrogen) atoms. The van der Waals surface area contributed by atoms with E-state index in [2.05, 4.69) is 186 Å². The molecule has 0 radical (unpaired) electrons. The van der Waals surface area contributed by atoms with E-state index >= 15 is 0 Å². The van der Waals surface area contributed by atoms with Gasteiger partial charge in [0.05, 0.1) is 53.5 Å². The van der Waals surface area contributed by atoms with Gasteiger partial charge in [0, 0.05) is 159 Å². The van der Waals surface area contributed by atoms with Crippen molar-refractivity contribution in [2.75, 3.05) is 60.5 Å². The normalized spacial score (nSPS) is 18.4. The van der Waals surface area contributed by atoms with Crippen LogP contribution in [0, 0.1) is 11.3 Å². The smallest absolute Gasteiger partial charge is 0.252 e. The van der Waals surface area contributed by atoms with Gasteiger partial charge in [-0.1, -0.05) is 238 Å². The molecule has 3 saturated heterocycles. The first-order chi connectivity index (χ1) is 63.1. The quantitative estimate of drug-likeness (QED) is 0.0277.